The molecule has 4 rings (SSSR count). The van der Waals surface area contributed by atoms with Crippen molar-refractivity contribution in [3.8, 4) is 0 Å². The van der Waals surface area contributed by atoms with Crippen LogP contribution in [0.1, 0.15) is 50.5 Å². The van der Waals surface area contributed by atoms with E-state index in [4.69, 9.17) is 0 Å². The SMILES string of the molecule is Cc1ccccc1N1CCN(C(=O)CCCS(=O)(=O)N2CCCC3CCCC=C32)CC1. The minimum atomic E-state index is -3.34. The van der Waals surface area contributed by atoms with E-state index in [1.165, 1.54) is 11.3 Å². The number of para-hydroxylation sites is 1. The van der Waals surface area contributed by atoms with E-state index in [0.29, 0.717) is 38.4 Å². The Balaban J connectivity index is 1.26. The van der Waals surface area contributed by atoms with Crippen LogP contribution in [0.25, 0.3) is 0 Å². The highest BCUT2D eigenvalue weighted by Crippen LogP contribution is 2.36. The van der Waals surface area contributed by atoms with Crippen LogP contribution in [-0.2, 0) is 14.8 Å². The zero-order valence-electron chi connectivity index (χ0n) is 18.6. The zero-order valence-corrected chi connectivity index (χ0v) is 19.4. The van der Waals surface area contributed by atoms with Gasteiger partial charge in [-0.25, -0.2) is 8.42 Å². The van der Waals surface area contributed by atoms with E-state index in [2.05, 4.69) is 30.0 Å². The number of nitrogens with zero attached hydrogens (tertiary/aromatic N) is 3. The first-order chi connectivity index (χ1) is 15.0. The molecule has 2 fully saturated rings. The summed E-state index contributed by atoms with van der Waals surface area (Å²) < 4.78 is 27.6. The van der Waals surface area contributed by atoms with E-state index < -0.39 is 10.0 Å². The maximum Gasteiger partial charge on any atom is 0.234 e. The molecule has 0 radical (unpaired) electrons. The fraction of sp³-hybridized carbons (Fsp3) is 0.625. The average molecular weight is 446 g/mol. The number of amides is 1. The van der Waals surface area contributed by atoms with Gasteiger partial charge in [-0.05, 0) is 63.0 Å². The molecule has 1 aromatic rings. The third-order valence-corrected chi connectivity index (χ3v) is 8.82. The zero-order chi connectivity index (χ0) is 21.8. The van der Waals surface area contributed by atoms with Crippen LogP contribution in [0.4, 0.5) is 5.69 Å². The molecule has 0 N–H and O–H groups in total. The van der Waals surface area contributed by atoms with E-state index in [9.17, 15) is 13.2 Å². The second-order valence-electron chi connectivity index (χ2n) is 9.05. The normalized spacial score (nSPS) is 22.2. The number of anilines is 1. The Bertz CT molecular complexity index is 920. The molecular formula is C24H35N3O3S. The number of aryl methyl sites for hydroxylation is 1. The smallest absolute Gasteiger partial charge is 0.234 e. The Morgan fingerprint density at radius 1 is 1.03 bits per heavy atom. The summed E-state index contributed by atoms with van der Waals surface area (Å²) in [5, 5.41) is 0. The van der Waals surface area contributed by atoms with Crippen molar-refractivity contribution in [3.05, 3.63) is 41.6 Å². The first-order valence-electron chi connectivity index (χ1n) is 11.7. The number of carbonyl (C=O) groups excluding carboxylic acids is 1. The molecule has 0 bridgehead atoms. The van der Waals surface area contributed by atoms with Crippen molar-refractivity contribution >= 4 is 21.6 Å². The van der Waals surface area contributed by atoms with Gasteiger partial charge in [0.15, 0.2) is 0 Å². The van der Waals surface area contributed by atoms with E-state index in [1.54, 1.807) is 4.31 Å². The van der Waals surface area contributed by atoms with Gasteiger partial charge < -0.3 is 9.80 Å². The highest BCUT2D eigenvalue weighted by molar-refractivity contribution is 7.89. The first-order valence-corrected chi connectivity index (χ1v) is 13.4. The Morgan fingerprint density at radius 3 is 2.55 bits per heavy atom. The lowest BCUT2D eigenvalue weighted by Crippen LogP contribution is -2.49. The molecule has 2 heterocycles. The summed E-state index contributed by atoms with van der Waals surface area (Å²) in [6.07, 6.45) is 8.11. The molecule has 1 aliphatic carbocycles. The molecule has 1 atom stereocenters. The van der Waals surface area contributed by atoms with Gasteiger partial charge in [-0.3, -0.25) is 9.10 Å². The first kappa shape index (κ1) is 22.2. The van der Waals surface area contributed by atoms with E-state index in [-0.39, 0.29) is 11.7 Å². The van der Waals surface area contributed by atoms with Crippen molar-refractivity contribution < 1.29 is 13.2 Å². The summed E-state index contributed by atoms with van der Waals surface area (Å²) in [6, 6.07) is 8.33. The number of hydrogen-bond acceptors (Lipinski definition) is 4. The second kappa shape index (κ2) is 9.63. The molecule has 1 amide bonds. The van der Waals surface area contributed by atoms with Crippen LogP contribution in [0, 0.1) is 12.8 Å². The summed E-state index contributed by atoms with van der Waals surface area (Å²) in [4.78, 5) is 16.9. The molecule has 1 unspecified atom stereocenters. The molecule has 2 saturated heterocycles. The minimum absolute atomic E-state index is 0.0615. The van der Waals surface area contributed by atoms with Crippen LogP contribution in [0.15, 0.2) is 36.0 Å². The van der Waals surface area contributed by atoms with Gasteiger partial charge in [-0.2, -0.15) is 0 Å². The van der Waals surface area contributed by atoms with Gasteiger partial charge >= 0.3 is 0 Å². The van der Waals surface area contributed by atoms with Gasteiger partial charge in [0.05, 0.1) is 5.75 Å². The van der Waals surface area contributed by atoms with Crippen molar-refractivity contribution in [2.24, 2.45) is 5.92 Å². The van der Waals surface area contributed by atoms with E-state index in [1.807, 2.05) is 17.0 Å². The summed E-state index contributed by atoms with van der Waals surface area (Å²) in [7, 11) is -3.34. The molecular weight excluding hydrogens is 410 g/mol. The minimum Gasteiger partial charge on any atom is -0.368 e. The molecule has 3 aliphatic rings. The van der Waals surface area contributed by atoms with Gasteiger partial charge in [0.1, 0.15) is 0 Å². The summed E-state index contributed by atoms with van der Waals surface area (Å²) in [5.41, 5.74) is 3.51. The second-order valence-corrected chi connectivity index (χ2v) is 11.1. The Morgan fingerprint density at radius 2 is 1.77 bits per heavy atom. The maximum atomic E-state index is 13.0. The third-order valence-electron chi connectivity index (χ3n) is 6.95. The van der Waals surface area contributed by atoms with Crippen LogP contribution in [0.5, 0.6) is 0 Å². The number of piperazine rings is 1. The van der Waals surface area contributed by atoms with Gasteiger partial charge in [0.25, 0.3) is 0 Å². The Hall–Kier alpha value is -2.02. The number of allylic oxidation sites excluding steroid dienone is 2. The Kier molecular flexibility index (Phi) is 6.89. The van der Waals surface area contributed by atoms with E-state index in [0.717, 1.165) is 50.9 Å². The lowest BCUT2D eigenvalue weighted by Gasteiger charge is -2.38. The largest absolute Gasteiger partial charge is 0.368 e. The van der Waals surface area contributed by atoms with Crippen molar-refractivity contribution in [1.29, 1.82) is 0 Å². The molecule has 0 saturated carbocycles. The summed E-state index contributed by atoms with van der Waals surface area (Å²) >= 11 is 0. The highest BCUT2D eigenvalue weighted by atomic mass is 32.2. The van der Waals surface area contributed by atoms with Crippen LogP contribution < -0.4 is 4.90 Å². The topological polar surface area (TPSA) is 60.9 Å². The molecule has 7 heteroatoms. The van der Waals surface area contributed by atoms with E-state index >= 15 is 0 Å². The average Bonchev–Trinajstić information content (AvgIpc) is 2.79. The Labute approximate surface area is 186 Å². The third kappa shape index (κ3) is 5.08. The van der Waals surface area contributed by atoms with Gasteiger partial charge in [-0.1, -0.05) is 24.3 Å². The van der Waals surface area contributed by atoms with Crippen molar-refractivity contribution in [1.82, 2.24) is 9.21 Å². The maximum absolute atomic E-state index is 13.0. The molecule has 2 aliphatic heterocycles. The van der Waals surface area contributed by atoms with Crippen LogP contribution in [0.3, 0.4) is 0 Å². The number of carbonyl (C=O) groups is 1. The van der Waals surface area contributed by atoms with Crippen molar-refractivity contribution in [2.75, 3.05) is 43.4 Å². The molecule has 31 heavy (non-hydrogen) atoms. The fourth-order valence-electron chi connectivity index (χ4n) is 5.23. The predicted octanol–water partition coefficient (Wildman–Crippen LogP) is 3.53. The van der Waals surface area contributed by atoms with Crippen molar-refractivity contribution in [2.45, 2.75) is 51.9 Å². The summed E-state index contributed by atoms with van der Waals surface area (Å²) in [6.45, 7) is 5.73. The highest BCUT2D eigenvalue weighted by Gasteiger charge is 2.33. The number of sulfonamides is 1. The lowest BCUT2D eigenvalue weighted by atomic mass is 9.86. The quantitative estimate of drug-likeness (QED) is 0.672. The number of fused-ring (bicyclic) bond motifs is 1. The monoisotopic (exact) mass is 445 g/mol. The number of hydrogen-bond donors (Lipinski definition) is 0. The van der Waals surface area contributed by atoms with Gasteiger partial charge in [-0.15, -0.1) is 0 Å². The molecule has 0 aromatic heterocycles. The molecule has 1 aromatic carbocycles. The lowest BCUT2D eigenvalue weighted by molar-refractivity contribution is -0.131. The molecule has 0 spiro atoms. The van der Waals surface area contributed by atoms with Crippen LogP contribution in [-0.4, -0.2) is 62.0 Å². The van der Waals surface area contributed by atoms with Gasteiger partial charge in [0.2, 0.25) is 15.9 Å². The fourth-order valence-corrected chi connectivity index (χ4v) is 6.91. The molecule has 170 valence electrons. The summed E-state index contributed by atoms with van der Waals surface area (Å²) in [5.74, 6) is 0.544. The number of piperidine rings is 1. The predicted molar refractivity (Wildman–Crippen MR) is 124 cm³/mol. The van der Waals surface area contributed by atoms with Gasteiger partial charge in [0, 0.05) is 50.5 Å². The van der Waals surface area contributed by atoms with Crippen LogP contribution in [0.2, 0.25) is 0 Å². The standard InChI is InChI=1S/C24H35N3O3S/c1-20-8-2-4-11-22(20)25-15-17-26(18-16-25)24(28)13-7-19-31(29,30)27-14-6-10-21-9-3-5-12-23(21)27/h2,4,8,11-12,21H,3,5-7,9-10,13-19H2,1H3. The number of benzene rings is 1. The van der Waals surface area contributed by atoms with Crippen molar-refractivity contribution in [3.63, 3.8) is 0 Å². The molecule has 6 nitrogen and oxygen atoms in total. The van der Waals surface area contributed by atoms with Crippen LogP contribution >= 0.6 is 0 Å². The number of rotatable bonds is 6.